The van der Waals surface area contributed by atoms with Crippen molar-refractivity contribution in [2.45, 2.75) is 38.5 Å². The number of allylic oxidation sites excluding steroid dienone is 1. The number of para-hydroxylation sites is 1. The number of benzene rings is 2. The van der Waals surface area contributed by atoms with Crippen molar-refractivity contribution >= 4 is 54.3 Å². The van der Waals surface area contributed by atoms with Gasteiger partial charge in [0.2, 0.25) is 15.7 Å². The number of hydrogen-bond donors (Lipinski definition) is 2. The van der Waals surface area contributed by atoms with Crippen molar-refractivity contribution < 1.29 is 30.4 Å². The average molecular weight is 582 g/mol. The Balaban J connectivity index is 1.53. The van der Waals surface area contributed by atoms with Gasteiger partial charge in [-0.05, 0) is 44.5 Å². The maximum absolute atomic E-state index is 12.9. The smallest absolute Gasteiger partial charge is 0.343 e. The van der Waals surface area contributed by atoms with E-state index >= 15 is 0 Å². The van der Waals surface area contributed by atoms with E-state index in [9.17, 15) is 21.6 Å². The standard InChI is InChI=1S/C29H28N2O7S2/c1-29(2)23-10-3-4-11-25(23)31(14-6-8-16-40(35,36)37)27(29)13-12-21-17-22-18-24-20(19-26(22)38-28(21)32)9-5-7-15-39(33,34)30-24/h3-4,10-13,17-19,30H,6-8,14-16H2,1-2H3/p+1. The summed E-state index contributed by atoms with van der Waals surface area (Å²) in [7, 11) is -7.57. The molecule has 2 aliphatic rings. The second-order valence-corrected chi connectivity index (χ2v) is 13.8. The van der Waals surface area contributed by atoms with Crippen molar-refractivity contribution in [3.8, 4) is 11.8 Å². The molecule has 3 aromatic rings. The minimum absolute atomic E-state index is 0.0988. The highest BCUT2D eigenvalue weighted by molar-refractivity contribution is 7.92. The molecular weight excluding hydrogens is 552 g/mol. The zero-order valence-electron chi connectivity index (χ0n) is 22.1. The van der Waals surface area contributed by atoms with Gasteiger partial charge in [0.05, 0.1) is 33.7 Å². The van der Waals surface area contributed by atoms with E-state index in [4.69, 9.17) is 8.97 Å². The molecule has 2 N–H and O–H groups in total. The summed E-state index contributed by atoms with van der Waals surface area (Å²) in [6, 6.07) is 12.8. The lowest BCUT2D eigenvalue weighted by atomic mass is 9.81. The first kappa shape index (κ1) is 27.8. The van der Waals surface area contributed by atoms with Crippen molar-refractivity contribution in [1.82, 2.24) is 0 Å². The van der Waals surface area contributed by atoms with Gasteiger partial charge in [-0.25, -0.2) is 13.2 Å². The Morgan fingerprint density at radius 3 is 2.70 bits per heavy atom. The summed E-state index contributed by atoms with van der Waals surface area (Å²) in [5.41, 5.74) is 3.43. The molecule has 3 heterocycles. The monoisotopic (exact) mass is 581 g/mol. The molecule has 0 unspecified atom stereocenters. The summed E-state index contributed by atoms with van der Waals surface area (Å²) in [5.74, 6) is 5.37. The molecule has 0 saturated carbocycles. The molecule has 11 heteroatoms. The summed E-state index contributed by atoms with van der Waals surface area (Å²) in [4.78, 5) is 12.9. The molecule has 0 aliphatic carbocycles. The quantitative estimate of drug-likeness (QED) is 0.141. The Bertz CT molecular complexity index is 1920. The molecule has 2 aliphatic heterocycles. The minimum Gasteiger partial charge on any atom is -0.422 e. The van der Waals surface area contributed by atoms with Crippen LogP contribution < -0.4 is 10.3 Å². The fourth-order valence-corrected chi connectivity index (χ4v) is 6.70. The molecule has 0 saturated heterocycles. The molecule has 0 radical (unpaired) electrons. The van der Waals surface area contributed by atoms with E-state index in [1.807, 2.05) is 30.3 Å². The van der Waals surface area contributed by atoms with Gasteiger partial charge in [-0.2, -0.15) is 13.0 Å². The molecule has 5 rings (SSSR count). The maximum atomic E-state index is 12.9. The number of nitrogens with one attached hydrogen (secondary N) is 1. The number of hydrogen-bond acceptors (Lipinski definition) is 6. The molecule has 9 nitrogen and oxygen atoms in total. The molecule has 2 aromatic carbocycles. The molecular formula is C29H29N2O7S2+. The van der Waals surface area contributed by atoms with Gasteiger partial charge >= 0.3 is 5.63 Å². The zero-order valence-corrected chi connectivity index (χ0v) is 23.7. The van der Waals surface area contributed by atoms with Gasteiger partial charge in [0, 0.05) is 35.9 Å². The summed E-state index contributed by atoms with van der Waals surface area (Å²) in [6.45, 7) is 4.68. The lowest BCUT2D eigenvalue weighted by Gasteiger charge is -2.15. The predicted octanol–water partition coefficient (Wildman–Crippen LogP) is 4.05. The third-order valence-corrected chi connectivity index (χ3v) is 9.21. The summed E-state index contributed by atoms with van der Waals surface area (Å²) >= 11 is 0. The van der Waals surface area contributed by atoms with Crippen molar-refractivity contribution in [2.75, 3.05) is 22.8 Å². The molecule has 0 bridgehead atoms. The lowest BCUT2D eigenvalue weighted by Crippen LogP contribution is -2.28. The van der Waals surface area contributed by atoms with E-state index in [1.54, 1.807) is 24.3 Å². The van der Waals surface area contributed by atoms with Crippen molar-refractivity contribution in [3.63, 3.8) is 0 Å². The van der Waals surface area contributed by atoms with Crippen LogP contribution in [0.15, 0.2) is 57.8 Å². The van der Waals surface area contributed by atoms with E-state index in [0.717, 1.165) is 17.0 Å². The largest absolute Gasteiger partial charge is 0.422 e. The van der Waals surface area contributed by atoms with Crippen LogP contribution >= 0.6 is 0 Å². The number of nitrogens with zero attached hydrogens (tertiary/aromatic N) is 1. The van der Waals surface area contributed by atoms with Crippen molar-refractivity contribution in [2.24, 2.45) is 0 Å². The zero-order chi connectivity index (χ0) is 28.7. The highest BCUT2D eigenvalue weighted by Crippen LogP contribution is 2.40. The van der Waals surface area contributed by atoms with Crippen molar-refractivity contribution in [3.05, 3.63) is 75.7 Å². The van der Waals surface area contributed by atoms with Crippen LogP contribution in [0, 0.1) is 11.8 Å². The normalized spacial score (nSPS) is 17.5. The first-order chi connectivity index (χ1) is 18.8. The Morgan fingerprint density at radius 2 is 1.93 bits per heavy atom. The van der Waals surface area contributed by atoms with Crippen LogP contribution in [0.2, 0.25) is 0 Å². The van der Waals surface area contributed by atoms with E-state index in [0.29, 0.717) is 41.6 Å². The molecule has 0 spiro atoms. The first-order valence-corrected chi connectivity index (χ1v) is 16.1. The van der Waals surface area contributed by atoms with Crippen LogP contribution in [0.3, 0.4) is 0 Å². The van der Waals surface area contributed by atoms with Crippen molar-refractivity contribution in [1.29, 1.82) is 0 Å². The van der Waals surface area contributed by atoms with Crippen LogP contribution in [0.4, 0.5) is 11.4 Å². The highest BCUT2D eigenvalue weighted by Gasteiger charge is 2.43. The number of unbranched alkanes of at least 4 members (excludes halogenated alkanes) is 1. The van der Waals surface area contributed by atoms with E-state index in [1.165, 1.54) is 0 Å². The molecule has 0 amide bonds. The van der Waals surface area contributed by atoms with E-state index in [2.05, 4.69) is 35.0 Å². The third-order valence-electron chi connectivity index (χ3n) is 7.14. The van der Waals surface area contributed by atoms with Gasteiger partial charge in [-0.3, -0.25) is 9.27 Å². The van der Waals surface area contributed by atoms with Crippen LogP contribution in [-0.4, -0.2) is 49.7 Å². The van der Waals surface area contributed by atoms with E-state index < -0.39 is 31.2 Å². The van der Waals surface area contributed by atoms with Crippen LogP contribution in [-0.2, 0) is 25.6 Å². The number of anilines is 1. The van der Waals surface area contributed by atoms with Crippen LogP contribution in [0.25, 0.3) is 17.0 Å². The number of rotatable bonds is 7. The summed E-state index contributed by atoms with van der Waals surface area (Å²) < 4.78 is 66.3. The predicted molar refractivity (Wildman–Crippen MR) is 155 cm³/mol. The van der Waals surface area contributed by atoms with Gasteiger partial charge in [-0.1, -0.05) is 30.0 Å². The van der Waals surface area contributed by atoms with Gasteiger partial charge in [0.1, 0.15) is 12.1 Å². The number of sulfonamides is 1. The van der Waals surface area contributed by atoms with Gasteiger partial charge in [0.25, 0.3) is 10.1 Å². The SMILES string of the molecule is CC1(C)C(C=Cc2cc3cc4c(cc3oc2=O)C#CCCS(=O)(=O)N4)=[N+](CCCCS(=O)(=O)O)c2ccccc21. The van der Waals surface area contributed by atoms with Gasteiger partial charge < -0.3 is 4.42 Å². The summed E-state index contributed by atoms with van der Waals surface area (Å²) in [6.07, 6.45) is 4.59. The van der Waals surface area contributed by atoms with Gasteiger partial charge in [0.15, 0.2) is 5.71 Å². The van der Waals surface area contributed by atoms with Gasteiger partial charge in [-0.15, -0.1) is 0 Å². The third kappa shape index (κ3) is 5.75. The fourth-order valence-electron chi connectivity index (χ4n) is 5.15. The topological polar surface area (TPSA) is 134 Å². The molecule has 208 valence electrons. The Kier molecular flexibility index (Phi) is 7.20. The maximum Gasteiger partial charge on any atom is 0.343 e. The lowest BCUT2D eigenvalue weighted by molar-refractivity contribution is -0.438. The second kappa shape index (κ2) is 10.4. The minimum atomic E-state index is -4.03. The Labute approximate surface area is 233 Å². The summed E-state index contributed by atoms with van der Waals surface area (Å²) in [5, 5.41) is 0.545. The highest BCUT2D eigenvalue weighted by atomic mass is 32.2. The fraction of sp³-hybridized carbons (Fsp3) is 0.310. The molecule has 0 atom stereocenters. The molecule has 0 fully saturated rings. The Morgan fingerprint density at radius 1 is 1.15 bits per heavy atom. The first-order valence-electron chi connectivity index (χ1n) is 12.8. The average Bonchev–Trinajstić information content (AvgIpc) is 3.08. The second-order valence-electron chi connectivity index (χ2n) is 10.4. The molecule has 1 aromatic heterocycles. The number of fused-ring (bicyclic) bond motifs is 3. The van der Waals surface area contributed by atoms with Crippen LogP contribution in [0.5, 0.6) is 0 Å². The van der Waals surface area contributed by atoms with Crippen LogP contribution in [0.1, 0.15) is 49.8 Å². The van der Waals surface area contributed by atoms with E-state index in [-0.39, 0.29) is 23.5 Å². The molecule has 40 heavy (non-hydrogen) atoms. The Hall–Kier alpha value is -3.72.